The number of halogens is 3. The normalized spacial score (nSPS) is 13.3. The predicted octanol–water partition coefficient (Wildman–Crippen LogP) is 2.74. The molecule has 12 heteroatoms. The third-order valence-corrected chi connectivity index (χ3v) is 4.13. The first-order valence-corrected chi connectivity index (χ1v) is 8.66. The van der Waals surface area contributed by atoms with Crippen LogP contribution in [0, 0.1) is 11.3 Å². The number of fused-ring (bicyclic) bond motifs is 1. The first-order chi connectivity index (χ1) is 14.5. The summed E-state index contributed by atoms with van der Waals surface area (Å²) in [7, 11) is 0. The minimum absolute atomic E-state index is 0.00254. The maximum Gasteiger partial charge on any atom is 0.573 e. The summed E-state index contributed by atoms with van der Waals surface area (Å²) in [6.07, 6.45) is -4.86. The number of aromatic carboxylic acids is 1. The van der Waals surface area contributed by atoms with Gasteiger partial charge >= 0.3 is 12.3 Å². The molecule has 0 aliphatic carbocycles. The van der Waals surface area contributed by atoms with Crippen molar-refractivity contribution in [1.82, 2.24) is 20.3 Å². The smallest absolute Gasteiger partial charge is 0.478 e. The van der Waals surface area contributed by atoms with Crippen molar-refractivity contribution < 1.29 is 32.6 Å². The number of benzene rings is 2. The van der Waals surface area contributed by atoms with Gasteiger partial charge in [0.2, 0.25) is 0 Å². The van der Waals surface area contributed by atoms with E-state index in [0.717, 1.165) is 29.1 Å². The van der Waals surface area contributed by atoms with Crippen LogP contribution in [0.4, 0.5) is 13.2 Å². The molecule has 0 aliphatic rings. The average Bonchev–Trinajstić information content (AvgIpc) is 3.08. The number of aromatic nitrogens is 3. The molecule has 31 heavy (non-hydrogen) atoms. The van der Waals surface area contributed by atoms with Crippen molar-refractivity contribution in [3.8, 4) is 11.8 Å². The summed E-state index contributed by atoms with van der Waals surface area (Å²) in [5, 5.41) is 29.5. The number of alkyl halides is 3. The van der Waals surface area contributed by atoms with Crippen LogP contribution in [0.2, 0.25) is 0 Å². The molecule has 0 fully saturated rings. The molecule has 1 heterocycles. The topological polar surface area (TPSA) is 130 Å². The third kappa shape index (κ3) is 5.08. The number of carbonyl (C=O) groups excluding carboxylic acids is 1. The van der Waals surface area contributed by atoms with Crippen LogP contribution >= 0.6 is 0 Å². The van der Waals surface area contributed by atoms with Gasteiger partial charge in [0.1, 0.15) is 22.3 Å². The fraction of sp³-hybridized carbons (Fsp3) is 0.211. The van der Waals surface area contributed by atoms with E-state index in [0.29, 0.717) is 5.52 Å². The summed E-state index contributed by atoms with van der Waals surface area (Å²) in [4.78, 5) is 24.9. The number of hydrogen-bond donors (Lipinski definition) is 2. The second kappa shape index (κ2) is 7.94. The van der Waals surface area contributed by atoms with Crippen LogP contribution in [0.3, 0.4) is 0 Å². The van der Waals surface area contributed by atoms with E-state index in [1.165, 1.54) is 19.1 Å². The van der Waals surface area contributed by atoms with E-state index in [2.05, 4.69) is 20.3 Å². The number of carboxylic acids is 1. The van der Waals surface area contributed by atoms with Crippen molar-refractivity contribution in [2.45, 2.75) is 25.4 Å². The van der Waals surface area contributed by atoms with E-state index in [4.69, 9.17) is 0 Å². The highest BCUT2D eigenvalue weighted by molar-refractivity contribution is 6.00. The molecule has 0 bridgehead atoms. The lowest BCUT2D eigenvalue weighted by Gasteiger charge is -2.22. The first kappa shape index (κ1) is 21.6. The zero-order chi connectivity index (χ0) is 22.8. The molecule has 1 aromatic heterocycles. The number of nitriles is 1. The van der Waals surface area contributed by atoms with Gasteiger partial charge < -0.3 is 15.2 Å². The van der Waals surface area contributed by atoms with E-state index in [-0.39, 0.29) is 23.2 Å². The van der Waals surface area contributed by atoms with Gasteiger partial charge in [-0.05, 0) is 43.3 Å². The minimum atomic E-state index is -4.86. The maximum atomic E-state index is 12.5. The van der Waals surface area contributed by atoms with Crippen LogP contribution in [0.15, 0.2) is 42.5 Å². The number of rotatable bonds is 6. The Morgan fingerprint density at radius 2 is 1.87 bits per heavy atom. The Balaban J connectivity index is 1.77. The number of carbonyl (C=O) groups is 2. The fourth-order valence-corrected chi connectivity index (χ4v) is 2.74. The third-order valence-electron chi connectivity index (χ3n) is 4.13. The largest absolute Gasteiger partial charge is 0.573 e. The molecule has 0 saturated carbocycles. The molecule has 1 amide bonds. The zero-order valence-electron chi connectivity index (χ0n) is 15.8. The van der Waals surface area contributed by atoms with Crippen LogP contribution in [-0.4, -0.2) is 43.9 Å². The molecular weight excluding hydrogens is 419 g/mol. The molecule has 3 rings (SSSR count). The van der Waals surface area contributed by atoms with Crippen LogP contribution in [0.5, 0.6) is 5.75 Å². The van der Waals surface area contributed by atoms with E-state index in [1.807, 2.05) is 6.07 Å². The van der Waals surface area contributed by atoms with Gasteiger partial charge in [0, 0.05) is 5.56 Å². The van der Waals surface area contributed by atoms with Gasteiger partial charge in [-0.3, -0.25) is 4.79 Å². The van der Waals surface area contributed by atoms with Gasteiger partial charge in [0.15, 0.2) is 0 Å². The van der Waals surface area contributed by atoms with E-state index >= 15 is 0 Å². The molecule has 3 aromatic rings. The van der Waals surface area contributed by atoms with Gasteiger partial charge in [-0.15, -0.1) is 13.2 Å². The summed E-state index contributed by atoms with van der Waals surface area (Å²) in [5.41, 5.74) is -1.14. The molecule has 0 radical (unpaired) electrons. The van der Waals surface area contributed by atoms with Crippen molar-refractivity contribution in [3.63, 3.8) is 0 Å². The summed E-state index contributed by atoms with van der Waals surface area (Å²) in [5.74, 6) is -2.40. The Morgan fingerprint density at radius 3 is 2.45 bits per heavy atom. The molecule has 0 spiro atoms. The quantitative estimate of drug-likeness (QED) is 0.611. The molecule has 0 aliphatic heterocycles. The Hall–Kier alpha value is -4.14. The number of nitrogens with zero attached hydrogens (tertiary/aromatic N) is 4. The van der Waals surface area contributed by atoms with Crippen LogP contribution < -0.4 is 10.1 Å². The Bertz CT molecular complexity index is 1180. The molecule has 160 valence electrons. The highest BCUT2D eigenvalue weighted by atomic mass is 19.4. The monoisotopic (exact) mass is 433 g/mol. The average molecular weight is 433 g/mol. The molecule has 2 N–H and O–H groups in total. The fourth-order valence-electron chi connectivity index (χ4n) is 2.74. The highest BCUT2D eigenvalue weighted by Crippen LogP contribution is 2.23. The number of ether oxygens (including phenoxy) is 1. The van der Waals surface area contributed by atoms with Gasteiger partial charge in [-0.25, -0.2) is 4.79 Å². The van der Waals surface area contributed by atoms with E-state index in [9.17, 15) is 33.1 Å². The number of carboxylic acid groups (broad SMARTS) is 1. The molecule has 1 unspecified atom stereocenters. The zero-order valence-corrected chi connectivity index (χ0v) is 15.8. The van der Waals surface area contributed by atoms with Crippen molar-refractivity contribution in [2.75, 3.05) is 0 Å². The minimum Gasteiger partial charge on any atom is -0.478 e. The van der Waals surface area contributed by atoms with Gasteiger partial charge in [-0.1, -0.05) is 6.07 Å². The number of hydrogen-bond acceptors (Lipinski definition) is 6. The van der Waals surface area contributed by atoms with Crippen molar-refractivity contribution in [1.29, 1.82) is 5.26 Å². The van der Waals surface area contributed by atoms with Crippen LogP contribution in [0.1, 0.15) is 27.6 Å². The van der Waals surface area contributed by atoms with Gasteiger partial charge in [0.05, 0.1) is 18.2 Å². The number of amides is 1. The highest BCUT2D eigenvalue weighted by Gasteiger charge is 2.32. The van der Waals surface area contributed by atoms with Crippen molar-refractivity contribution in [2.24, 2.45) is 0 Å². The summed E-state index contributed by atoms with van der Waals surface area (Å²) < 4.78 is 40.5. The van der Waals surface area contributed by atoms with Crippen molar-refractivity contribution in [3.05, 3.63) is 53.6 Å². The maximum absolute atomic E-state index is 12.5. The summed E-state index contributed by atoms with van der Waals surface area (Å²) in [6.45, 7) is 1.19. The lowest BCUT2D eigenvalue weighted by molar-refractivity contribution is -0.274. The SMILES string of the molecule is CC(C#N)(Cn1nc2cccc(C(=O)O)c2n1)NC(=O)c1ccc(OC(F)(F)F)cc1. The second-order valence-corrected chi connectivity index (χ2v) is 6.68. The molecule has 1 atom stereocenters. The van der Waals surface area contributed by atoms with E-state index < -0.39 is 29.5 Å². The predicted molar refractivity (Wildman–Crippen MR) is 99.1 cm³/mol. The lowest BCUT2D eigenvalue weighted by Crippen LogP contribution is -2.48. The molecule has 2 aromatic carbocycles. The molecular formula is C19H14F3N5O4. The standard InChI is InChI=1S/C19H14F3N5O4/c1-18(9-23,10-27-25-14-4-2-3-13(17(29)30)15(14)26-27)24-16(28)11-5-7-12(8-6-11)31-19(20,21)22/h2-8H,10H2,1H3,(H,24,28)(H,29,30). The number of nitrogens with one attached hydrogen (secondary N) is 1. The second-order valence-electron chi connectivity index (χ2n) is 6.68. The van der Waals surface area contributed by atoms with Crippen LogP contribution in [0.25, 0.3) is 11.0 Å². The molecule has 0 saturated heterocycles. The molecule has 9 nitrogen and oxygen atoms in total. The Kier molecular flexibility index (Phi) is 5.52. The first-order valence-electron chi connectivity index (χ1n) is 8.66. The van der Waals surface area contributed by atoms with Crippen LogP contribution in [-0.2, 0) is 6.54 Å². The summed E-state index contributed by atoms with van der Waals surface area (Å²) >= 11 is 0. The lowest BCUT2D eigenvalue weighted by atomic mass is 10.0. The van der Waals surface area contributed by atoms with Gasteiger partial charge in [-0.2, -0.15) is 20.3 Å². The summed E-state index contributed by atoms with van der Waals surface area (Å²) in [6, 6.07) is 10.5. The van der Waals surface area contributed by atoms with Gasteiger partial charge in [0.25, 0.3) is 5.91 Å². The Morgan fingerprint density at radius 1 is 1.19 bits per heavy atom. The van der Waals surface area contributed by atoms with Crippen molar-refractivity contribution >= 4 is 22.9 Å². The Labute approximate surface area is 172 Å². The van der Waals surface area contributed by atoms with E-state index in [1.54, 1.807) is 6.07 Å².